The van der Waals surface area contributed by atoms with Crippen molar-refractivity contribution in [3.63, 3.8) is 0 Å². The van der Waals surface area contributed by atoms with Crippen molar-refractivity contribution >= 4 is 16.9 Å². The lowest BCUT2D eigenvalue weighted by Gasteiger charge is -2.32. The molecule has 0 atom stereocenters. The number of halogens is 3. The number of pyridine rings is 1. The van der Waals surface area contributed by atoms with Crippen LogP contribution in [0.4, 0.5) is 13.2 Å². The summed E-state index contributed by atoms with van der Waals surface area (Å²) in [5, 5.41) is 0. The van der Waals surface area contributed by atoms with Crippen molar-refractivity contribution in [2.24, 2.45) is 0 Å². The van der Waals surface area contributed by atoms with Crippen LogP contribution in [0.3, 0.4) is 0 Å². The Morgan fingerprint density at radius 1 is 1.11 bits per heavy atom. The van der Waals surface area contributed by atoms with Gasteiger partial charge in [0.1, 0.15) is 0 Å². The van der Waals surface area contributed by atoms with Gasteiger partial charge in [0.15, 0.2) is 0 Å². The number of amides is 1. The lowest BCUT2D eigenvalue weighted by atomic mass is 9.90. The van der Waals surface area contributed by atoms with E-state index in [1.807, 2.05) is 18.3 Å². The summed E-state index contributed by atoms with van der Waals surface area (Å²) < 4.78 is 38.0. The van der Waals surface area contributed by atoms with Crippen molar-refractivity contribution in [3.05, 3.63) is 65.5 Å². The van der Waals surface area contributed by atoms with E-state index in [1.165, 1.54) is 12.1 Å². The number of carbonyl (C=O) groups is 1. The average molecular weight is 373 g/mol. The van der Waals surface area contributed by atoms with Gasteiger partial charge >= 0.3 is 6.18 Å². The Morgan fingerprint density at radius 2 is 1.81 bits per heavy atom. The number of aromatic nitrogens is 2. The highest BCUT2D eigenvalue weighted by atomic mass is 19.4. The molecule has 0 unspecified atom stereocenters. The molecule has 140 valence electrons. The van der Waals surface area contributed by atoms with Crippen LogP contribution in [0.2, 0.25) is 0 Å². The molecule has 4 nitrogen and oxygen atoms in total. The summed E-state index contributed by atoms with van der Waals surface area (Å²) in [5.41, 5.74) is 2.66. The maximum absolute atomic E-state index is 12.7. The van der Waals surface area contributed by atoms with Gasteiger partial charge in [-0.1, -0.05) is 0 Å². The van der Waals surface area contributed by atoms with E-state index in [2.05, 4.69) is 9.97 Å². The number of likely N-dealkylation sites (tertiary alicyclic amines) is 1. The van der Waals surface area contributed by atoms with E-state index in [9.17, 15) is 18.0 Å². The lowest BCUT2D eigenvalue weighted by Crippen LogP contribution is -2.37. The highest BCUT2D eigenvalue weighted by molar-refractivity contribution is 5.94. The molecule has 0 radical (unpaired) electrons. The standard InChI is InChI=1S/C20H18F3N3O/c21-20(22,23)15-5-3-14(4-6-15)19(27)26-10-7-13(8-11-26)16-12-25-17-2-1-9-24-18(16)17/h1-6,9,12-13,25H,7-8,10-11H2. The second kappa shape index (κ2) is 6.72. The maximum atomic E-state index is 12.7. The summed E-state index contributed by atoms with van der Waals surface area (Å²) in [4.78, 5) is 22.0. The van der Waals surface area contributed by atoms with Gasteiger partial charge in [-0.3, -0.25) is 9.78 Å². The van der Waals surface area contributed by atoms with Crippen LogP contribution in [0.5, 0.6) is 0 Å². The van der Waals surface area contributed by atoms with Crippen molar-refractivity contribution in [2.45, 2.75) is 24.9 Å². The molecule has 0 spiro atoms. The lowest BCUT2D eigenvalue weighted by molar-refractivity contribution is -0.137. The summed E-state index contributed by atoms with van der Waals surface area (Å²) in [6.45, 7) is 1.15. The first-order valence-corrected chi connectivity index (χ1v) is 8.82. The number of H-pyrrole nitrogens is 1. The summed E-state index contributed by atoms with van der Waals surface area (Å²) in [6.07, 6.45) is 0.956. The number of fused-ring (bicyclic) bond motifs is 1. The van der Waals surface area contributed by atoms with Crippen LogP contribution in [0.15, 0.2) is 48.8 Å². The van der Waals surface area contributed by atoms with Crippen LogP contribution in [-0.4, -0.2) is 33.9 Å². The quantitative estimate of drug-likeness (QED) is 0.714. The molecule has 1 aliphatic heterocycles. The molecule has 1 amide bonds. The Hall–Kier alpha value is -2.83. The van der Waals surface area contributed by atoms with Gasteiger partial charge in [0, 0.05) is 31.0 Å². The minimum absolute atomic E-state index is 0.223. The molecular formula is C20H18F3N3O. The number of alkyl halides is 3. The predicted octanol–water partition coefficient (Wildman–Crippen LogP) is 4.60. The van der Waals surface area contributed by atoms with Gasteiger partial charge in [0.2, 0.25) is 0 Å². The zero-order chi connectivity index (χ0) is 19.0. The van der Waals surface area contributed by atoms with Gasteiger partial charge in [-0.25, -0.2) is 0 Å². The van der Waals surface area contributed by atoms with Crippen molar-refractivity contribution in [2.75, 3.05) is 13.1 Å². The van der Waals surface area contributed by atoms with Crippen LogP contribution >= 0.6 is 0 Å². The molecule has 3 aromatic rings. The van der Waals surface area contributed by atoms with Gasteiger partial charge in [-0.15, -0.1) is 0 Å². The second-order valence-electron chi connectivity index (χ2n) is 6.79. The van der Waals surface area contributed by atoms with E-state index < -0.39 is 11.7 Å². The molecule has 4 rings (SSSR count). The molecule has 1 aromatic carbocycles. The van der Waals surface area contributed by atoms with Crippen molar-refractivity contribution in [1.82, 2.24) is 14.9 Å². The average Bonchev–Trinajstić information content (AvgIpc) is 3.11. The number of carbonyl (C=O) groups excluding carboxylic acids is 1. The highest BCUT2D eigenvalue weighted by Crippen LogP contribution is 2.33. The Balaban J connectivity index is 1.43. The Morgan fingerprint density at radius 3 is 2.48 bits per heavy atom. The van der Waals surface area contributed by atoms with Gasteiger partial charge in [-0.05, 0) is 60.7 Å². The van der Waals surface area contributed by atoms with Crippen LogP contribution in [0, 0.1) is 0 Å². The Kier molecular flexibility index (Phi) is 4.37. The fourth-order valence-electron chi connectivity index (χ4n) is 3.66. The molecule has 2 aromatic heterocycles. The summed E-state index contributed by atoms with van der Waals surface area (Å²) >= 11 is 0. The number of nitrogens with one attached hydrogen (secondary N) is 1. The van der Waals surface area contributed by atoms with Crippen molar-refractivity contribution < 1.29 is 18.0 Å². The largest absolute Gasteiger partial charge is 0.416 e. The third-order valence-corrected chi connectivity index (χ3v) is 5.15. The third kappa shape index (κ3) is 3.41. The van der Waals surface area contributed by atoms with Crippen LogP contribution in [-0.2, 0) is 6.18 Å². The van der Waals surface area contributed by atoms with Crippen molar-refractivity contribution in [3.8, 4) is 0 Å². The molecule has 27 heavy (non-hydrogen) atoms. The van der Waals surface area contributed by atoms with Gasteiger partial charge < -0.3 is 9.88 Å². The first kappa shape index (κ1) is 17.6. The molecule has 0 aliphatic carbocycles. The van der Waals surface area contributed by atoms with E-state index in [-0.39, 0.29) is 11.5 Å². The number of hydrogen-bond donors (Lipinski definition) is 1. The Bertz CT molecular complexity index is 955. The number of piperidine rings is 1. The van der Waals surface area contributed by atoms with Crippen LogP contribution in [0.1, 0.15) is 40.2 Å². The molecule has 1 fully saturated rings. The van der Waals surface area contributed by atoms with E-state index in [4.69, 9.17) is 0 Å². The third-order valence-electron chi connectivity index (χ3n) is 5.15. The summed E-state index contributed by atoms with van der Waals surface area (Å²) in [6, 6.07) is 8.28. The van der Waals surface area contributed by atoms with E-state index in [1.54, 1.807) is 11.1 Å². The SMILES string of the molecule is O=C(c1ccc(C(F)(F)F)cc1)N1CCC(c2c[nH]c3cccnc23)CC1. The molecule has 1 saturated heterocycles. The number of benzene rings is 1. The predicted molar refractivity (Wildman–Crippen MR) is 95.4 cm³/mol. The first-order chi connectivity index (χ1) is 12.9. The summed E-state index contributed by atoms with van der Waals surface area (Å²) in [5.74, 6) is 0.0875. The zero-order valence-electron chi connectivity index (χ0n) is 14.5. The fraction of sp³-hybridized carbons (Fsp3) is 0.300. The normalized spacial score (nSPS) is 16.0. The number of rotatable bonds is 2. The van der Waals surface area contributed by atoms with E-state index in [0.717, 1.165) is 41.6 Å². The molecule has 1 aliphatic rings. The van der Waals surface area contributed by atoms with Gasteiger partial charge in [0.25, 0.3) is 5.91 Å². The number of hydrogen-bond acceptors (Lipinski definition) is 2. The second-order valence-corrected chi connectivity index (χ2v) is 6.79. The minimum atomic E-state index is -4.40. The smallest absolute Gasteiger partial charge is 0.360 e. The first-order valence-electron chi connectivity index (χ1n) is 8.82. The molecule has 0 bridgehead atoms. The number of aromatic amines is 1. The van der Waals surface area contributed by atoms with Crippen LogP contribution in [0.25, 0.3) is 11.0 Å². The molecule has 3 heterocycles. The van der Waals surface area contributed by atoms with E-state index >= 15 is 0 Å². The van der Waals surface area contributed by atoms with Gasteiger partial charge in [-0.2, -0.15) is 13.2 Å². The molecule has 7 heteroatoms. The Labute approximate surface area is 154 Å². The zero-order valence-corrected chi connectivity index (χ0v) is 14.5. The maximum Gasteiger partial charge on any atom is 0.416 e. The molecule has 0 saturated carbocycles. The summed E-state index contributed by atoms with van der Waals surface area (Å²) in [7, 11) is 0. The van der Waals surface area contributed by atoms with E-state index in [0.29, 0.717) is 19.0 Å². The van der Waals surface area contributed by atoms with Gasteiger partial charge in [0.05, 0.1) is 16.6 Å². The van der Waals surface area contributed by atoms with Crippen LogP contribution < -0.4 is 0 Å². The highest BCUT2D eigenvalue weighted by Gasteiger charge is 2.31. The molecular weight excluding hydrogens is 355 g/mol. The van der Waals surface area contributed by atoms with Crippen molar-refractivity contribution in [1.29, 1.82) is 0 Å². The fourth-order valence-corrected chi connectivity index (χ4v) is 3.66. The monoisotopic (exact) mass is 373 g/mol. The topological polar surface area (TPSA) is 49.0 Å². The number of nitrogens with zero attached hydrogens (tertiary/aromatic N) is 2. The minimum Gasteiger partial charge on any atom is -0.360 e. The molecule has 1 N–H and O–H groups in total.